The first kappa shape index (κ1) is 15.2. The summed E-state index contributed by atoms with van der Waals surface area (Å²) in [4.78, 5) is 17.1. The number of carbonyl (C=O) groups is 1. The number of alkyl halides is 3. The molecule has 1 amide bonds. The van der Waals surface area contributed by atoms with E-state index in [0.717, 1.165) is 0 Å². The third kappa shape index (κ3) is 4.15. The summed E-state index contributed by atoms with van der Waals surface area (Å²) in [5, 5.41) is 13.9. The van der Waals surface area contributed by atoms with E-state index in [-0.39, 0.29) is 25.3 Å². The molecule has 1 aromatic heterocycles. The van der Waals surface area contributed by atoms with Crippen LogP contribution in [0.3, 0.4) is 0 Å². The lowest BCUT2D eigenvalue weighted by Gasteiger charge is -2.17. The van der Waals surface area contributed by atoms with Crippen molar-refractivity contribution in [3.63, 3.8) is 0 Å². The molecule has 2 atom stereocenters. The molecule has 2 N–H and O–H groups in total. The molecule has 2 rings (SSSR count). The summed E-state index contributed by atoms with van der Waals surface area (Å²) in [5.74, 6) is -0.423. The number of carbonyl (C=O) groups excluding carboxylic acids is 1. The van der Waals surface area contributed by atoms with Gasteiger partial charge in [-0.3, -0.25) is 9.69 Å². The Morgan fingerprint density at radius 3 is 2.90 bits per heavy atom. The van der Waals surface area contributed by atoms with E-state index in [1.54, 1.807) is 5.38 Å². The smallest absolute Gasteiger partial charge is 0.390 e. The molecule has 9 heteroatoms. The minimum Gasteiger partial charge on any atom is -0.390 e. The molecule has 1 aliphatic heterocycles. The highest BCUT2D eigenvalue weighted by molar-refractivity contribution is 7.07. The van der Waals surface area contributed by atoms with Crippen LogP contribution in [0.2, 0.25) is 0 Å². The Morgan fingerprint density at radius 1 is 1.55 bits per heavy atom. The lowest BCUT2D eigenvalue weighted by molar-refractivity contribution is -0.137. The molecular weight excluding hydrogens is 295 g/mol. The quantitative estimate of drug-likeness (QED) is 0.866. The van der Waals surface area contributed by atoms with Gasteiger partial charge in [-0.2, -0.15) is 13.2 Å². The monoisotopic (exact) mass is 309 g/mol. The molecule has 2 heterocycles. The summed E-state index contributed by atoms with van der Waals surface area (Å²) >= 11 is 1.27. The number of thiazole rings is 1. The van der Waals surface area contributed by atoms with Crippen molar-refractivity contribution in [3.05, 3.63) is 16.6 Å². The SMILES string of the molecule is O=C(N[C@@H]1CN(CCC(F)(F)F)C[C@H]1O)c1cscn1. The summed E-state index contributed by atoms with van der Waals surface area (Å²) in [5.41, 5.74) is 1.76. The van der Waals surface area contributed by atoms with Crippen molar-refractivity contribution < 1.29 is 23.1 Å². The van der Waals surface area contributed by atoms with Crippen molar-refractivity contribution in [3.8, 4) is 0 Å². The summed E-state index contributed by atoms with van der Waals surface area (Å²) < 4.78 is 36.4. The van der Waals surface area contributed by atoms with Gasteiger partial charge in [0, 0.05) is 25.0 Å². The summed E-state index contributed by atoms with van der Waals surface area (Å²) in [7, 11) is 0. The van der Waals surface area contributed by atoms with Gasteiger partial charge in [0.1, 0.15) is 5.69 Å². The number of rotatable bonds is 4. The number of likely N-dealkylation sites (tertiary alicyclic amines) is 1. The van der Waals surface area contributed by atoms with E-state index in [9.17, 15) is 23.1 Å². The van der Waals surface area contributed by atoms with E-state index in [0.29, 0.717) is 0 Å². The third-order valence-corrected chi connectivity index (χ3v) is 3.64. The molecule has 1 aromatic rings. The number of hydrogen-bond donors (Lipinski definition) is 2. The van der Waals surface area contributed by atoms with E-state index < -0.39 is 30.7 Å². The van der Waals surface area contributed by atoms with E-state index >= 15 is 0 Å². The van der Waals surface area contributed by atoms with Crippen LogP contribution < -0.4 is 5.32 Å². The Bertz CT molecular complexity index is 452. The second kappa shape index (κ2) is 6.06. The zero-order chi connectivity index (χ0) is 14.8. The van der Waals surface area contributed by atoms with E-state index in [1.807, 2.05) is 0 Å². The lowest BCUT2D eigenvalue weighted by atomic mass is 10.2. The Balaban J connectivity index is 1.83. The zero-order valence-corrected chi connectivity index (χ0v) is 11.2. The number of nitrogens with zero attached hydrogens (tertiary/aromatic N) is 2. The molecule has 0 unspecified atom stereocenters. The van der Waals surface area contributed by atoms with Crippen molar-refractivity contribution in [2.75, 3.05) is 19.6 Å². The predicted octanol–water partition coefficient (Wildman–Crippen LogP) is 0.870. The van der Waals surface area contributed by atoms with Gasteiger partial charge >= 0.3 is 6.18 Å². The Hall–Kier alpha value is -1.19. The number of nitrogens with one attached hydrogen (secondary N) is 1. The second-order valence-corrected chi connectivity index (χ2v) is 5.36. The highest BCUT2D eigenvalue weighted by atomic mass is 32.1. The molecule has 1 aliphatic rings. The number of hydrogen-bond acceptors (Lipinski definition) is 5. The molecule has 20 heavy (non-hydrogen) atoms. The molecule has 0 radical (unpaired) electrons. The molecule has 5 nitrogen and oxygen atoms in total. The van der Waals surface area contributed by atoms with Gasteiger partial charge in [-0.05, 0) is 0 Å². The largest absolute Gasteiger partial charge is 0.390 e. The van der Waals surface area contributed by atoms with Crippen molar-refractivity contribution in [2.24, 2.45) is 0 Å². The number of halogens is 3. The topological polar surface area (TPSA) is 65.5 Å². The van der Waals surface area contributed by atoms with Crippen LogP contribution in [0.1, 0.15) is 16.9 Å². The fourth-order valence-electron chi connectivity index (χ4n) is 2.04. The van der Waals surface area contributed by atoms with Gasteiger partial charge in [0.2, 0.25) is 0 Å². The van der Waals surface area contributed by atoms with Crippen LogP contribution >= 0.6 is 11.3 Å². The van der Waals surface area contributed by atoms with Crippen LogP contribution in [0.25, 0.3) is 0 Å². The van der Waals surface area contributed by atoms with Crippen molar-refractivity contribution >= 4 is 17.2 Å². The van der Waals surface area contributed by atoms with Gasteiger partial charge in [-0.25, -0.2) is 4.98 Å². The standard InChI is InChI=1S/C11H14F3N3O2S/c12-11(13,14)1-2-17-3-7(9(18)4-17)16-10(19)8-5-20-6-15-8/h5-7,9,18H,1-4H2,(H,16,19)/t7-,9-/m1/s1. The number of amides is 1. The van der Waals surface area contributed by atoms with Gasteiger partial charge in [0.15, 0.2) is 0 Å². The highest BCUT2D eigenvalue weighted by Crippen LogP contribution is 2.21. The first-order valence-corrected chi connectivity index (χ1v) is 6.95. The molecule has 1 fully saturated rings. The minimum absolute atomic E-state index is 0.123. The van der Waals surface area contributed by atoms with Crippen LogP contribution in [0.15, 0.2) is 10.9 Å². The maximum absolute atomic E-state index is 12.1. The van der Waals surface area contributed by atoms with E-state index in [4.69, 9.17) is 0 Å². The van der Waals surface area contributed by atoms with Crippen LogP contribution in [0.5, 0.6) is 0 Å². The average Bonchev–Trinajstić information content (AvgIpc) is 2.96. The minimum atomic E-state index is -4.22. The maximum Gasteiger partial charge on any atom is 0.390 e. The highest BCUT2D eigenvalue weighted by Gasteiger charge is 2.35. The van der Waals surface area contributed by atoms with Crippen LogP contribution in [-0.2, 0) is 0 Å². The number of aromatic nitrogens is 1. The van der Waals surface area contributed by atoms with Gasteiger partial charge < -0.3 is 10.4 Å². The number of aliphatic hydroxyl groups is 1. The van der Waals surface area contributed by atoms with Crippen LogP contribution in [0.4, 0.5) is 13.2 Å². The van der Waals surface area contributed by atoms with Crippen molar-refractivity contribution in [1.82, 2.24) is 15.2 Å². The molecule has 0 spiro atoms. The fraction of sp³-hybridized carbons (Fsp3) is 0.636. The lowest BCUT2D eigenvalue weighted by Crippen LogP contribution is -2.43. The number of aliphatic hydroxyl groups excluding tert-OH is 1. The molecule has 0 saturated carbocycles. The molecule has 1 saturated heterocycles. The molecular formula is C11H14F3N3O2S. The van der Waals surface area contributed by atoms with Crippen molar-refractivity contribution in [1.29, 1.82) is 0 Å². The van der Waals surface area contributed by atoms with E-state index in [1.165, 1.54) is 21.7 Å². The maximum atomic E-state index is 12.1. The number of β-amino-alcohol motifs (C(OH)–C–C–N with tert-alkyl or cyclic N) is 1. The van der Waals surface area contributed by atoms with Crippen molar-refractivity contribution in [2.45, 2.75) is 24.7 Å². The summed E-state index contributed by atoms with van der Waals surface area (Å²) in [6.07, 6.45) is -6.01. The zero-order valence-electron chi connectivity index (χ0n) is 10.4. The summed E-state index contributed by atoms with van der Waals surface area (Å²) in [6.45, 7) is 0.148. The average molecular weight is 309 g/mol. The van der Waals surface area contributed by atoms with Gasteiger partial charge in [-0.15, -0.1) is 11.3 Å². The van der Waals surface area contributed by atoms with Gasteiger partial charge in [-0.1, -0.05) is 0 Å². The van der Waals surface area contributed by atoms with Gasteiger partial charge in [0.25, 0.3) is 5.91 Å². The van der Waals surface area contributed by atoms with Crippen LogP contribution in [-0.4, -0.2) is 58.9 Å². The Kier molecular flexibility index (Phi) is 4.61. The normalized spacial score (nSPS) is 24.0. The second-order valence-electron chi connectivity index (χ2n) is 4.65. The third-order valence-electron chi connectivity index (χ3n) is 3.06. The first-order chi connectivity index (χ1) is 9.35. The summed E-state index contributed by atoms with van der Waals surface area (Å²) in [6, 6.07) is -0.572. The molecule has 112 valence electrons. The van der Waals surface area contributed by atoms with E-state index in [2.05, 4.69) is 10.3 Å². The Morgan fingerprint density at radius 2 is 2.30 bits per heavy atom. The van der Waals surface area contributed by atoms with Gasteiger partial charge in [0.05, 0.1) is 24.1 Å². The van der Waals surface area contributed by atoms with Crippen LogP contribution in [0, 0.1) is 0 Å². The first-order valence-electron chi connectivity index (χ1n) is 6.01. The molecule has 0 aromatic carbocycles. The molecule has 0 bridgehead atoms. The molecule has 0 aliphatic carbocycles. The predicted molar refractivity (Wildman–Crippen MR) is 66.5 cm³/mol. The fourth-order valence-corrected chi connectivity index (χ4v) is 2.57. The Labute approximate surface area is 117 Å².